The Bertz CT molecular complexity index is 653. The van der Waals surface area contributed by atoms with Crippen molar-refractivity contribution in [3.63, 3.8) is 0 Å². The van der Waals surface area contributed by atoms with Gasteiger partial charge in [-0.2, -0.15) is 0 Å². The molecule has 0 aliphatic carbocycles. The second-order valence-corrected chi connectivity index (χ2v) is 5.24. The maximum Gasteiger partial charge on any atom is 0.132 e. The van der Waals surface area contributed by atoms with Gasteiger partial charge in [0.05, 0.1) is 13.3 Å². The summed E-state index contributed by atoms with van der Waals surface area (Å²) in [5.41, 5.74) is 1.98. The lowest BCUT2D eigenvalue weighted by atomic mass is 10.1. The molecule has 0 saturated heterocycles. The summed E-state index contributed by atoms with van der Waals surface area (Å²) in [7, 11) is 1.59. The zero-order valence-electron chi connectivity index (χ0n) is 14.1. The van der Waals surface area contributed by atoms with E-state index in [0.29, 0.717) is 30.3 Å². The van der Waals surface area contributed by atoms with E-state index in [1.807, 2.05) is 12.1 Å². The number of rotatable bonds is 9. The molecule has 0 amide bonds. The summed E-state index contributed by atoms with van der Waals surface area (Å²) in [6.07, 6.45) is 3.53. The van der Waals surface area contributed by atoms with Crippen LogP contribution in [0.2, 0.25) is 0 Å². The molecule has 128 valence electrons. The van der Waals surface area contributed by atoms with Crippen molar-refractivity contribution in [2.45, 2.75) is 19.8 Å². The number of nitrogens with zero attached hydrogens (tertiary/aromatic N) is 1. The number of ether oxygens (including phenoxy) is 3. The van der Waals surface area contributed by atoms with Crippen LogP contribution in [-0.2, 0) is 6.42 Å². The normalized spacial score (nSPS) is 10.8. The smallest absolute Gasteiger partial charge is 0.132 e. The molecule has 1 N–H and O–H groups in total. The average Bonchev–Trinajstić information content (AvgIpc) is 2.61. The van der Waals surface area contributed by atoms with Gasteiger partial charge in [0.25, 0.3) is 0 Å². The fourth-order valence-electron chi connectivity index (χ4n) is 2.29. The molecule has 0 aromatic heterocycles. The molecule has 0 bridgehead atoms. The third-order valence-electron chi connectivity index (χ3n) is 3.49. The zero-order valence-corrected chi connectivity index (χ0v) is 14.1. The van der Waals surface area contributed by atoms with Gasteiger partial charge in [0.2, 0.25) is 0 Å². The first kappa shape index (κ1) is 17.7. The van der Waals surface area contributed by atoms with E-state index in [9.17, 15) is 0 Å². The van der Waals surface area contributed by atoms with Crippen LogP contribution in [0.1, 0.15) is 24.5 Å². The second kappa shape index (κ2) is 9.45. The van der Waals surface area contributed by atoms with Crippen molar-refractivity contribution in [1.29, 1.82) is 0 Å². The third-order valence-corrected chi connectivity index (χ3v) is 3.49. The first-order chi connectivity index (χ1) is 11.8. The number of benzene rings is 2. The van der Waals surface area contributed by atoms with E-state index in [0.717, 1.165) is 18.6 Å². The third kappa shape index (κ3) is 5.19. The van der Waals surface area contributed by atoms with Crippen LogP contribution in [0.15, 0.2) is 47.6 Å². The van der Waals surface area contributed by atoms with Crippen molar-refractivity contribution in [2.24, 2.45) is 5.16 Å². The Morgan fingerprint density at radius 1 is 1.00 bits per heavy atom. The lowest BCUT2D eigenvalue weighted by molar-refractivity contribution is 0.216. The molecular weight excluding hydrogens is 306 g/mol. The Labute approximate surface area is 142 Å². The number of aryl methyl sites for hydroxylation is 1. The summed E-state index contributed by atoms with van der Waals surface area (Å²) >= 11 is 0. The van der Waals surface area contributed by atoms with Crippen LogP contribution in [0.3, 0.4) is 0 Å². The minimum absolute atomic E-state index is 0.371. The summed E-state index contributed by atoms with van der Waals surface area (Å²) in [4.78, 5) is 0. The predicted molar refractivity (Wildman–Crippen MR) is 93.8 cm³/mol. The Morgan fingerprint density at radius 3 is 2.38 bits per heavy atom. The highest BCUT2D eigenvalue weighted by Crippen LogP contribution is 2.23. The molecule has 0 heterocycles. The monoisotopic (exact) mass is 329 g/mol. The molecule has 0 radical (unpaired) electrons. The van der Waals surface area contributed by atoms with Crippen LogP contribution in [-0.4, -0.2) is 31.7 Å². The lowest BCUT2D eigenvalue weighted by Gasteiger charge is -2.11. The average molecular weight is 329 g/mol. The number of oxime groups is 1. The summed E-state index contributed by atoms with van der Waals surface area (Å²) in [6.45, 7) is 2.95. The van der Waals surface area contributed by atoms with Crippen molar-refractivity contribution >= 4 is 6.21 Å². The first-order valence-corrected chi connectivity index (χ1v) is 7.96. The van der Waals surface area contributed by atoms with Gasteiger partial charge >= 0.3 is 0 Å². The molecule has 0 atom stereocenters. The largest absolute Gasteiger partial charge is 0.497 e. The summed E-state index contributed by atoms with van der Waals surface area (Å²) in [6, 6.07) is 13.4. The van der Waals surface area contributed by atoms with E-state index in [2.05, 4.69) is 24.2 Å². The Morgan fingerprint density at radius 2 is 1.71 bits per heavy atom. The lowest BCUT2D eigenvalue weighted by Crippen LogP contribution is -2.10. The molecule has 24 heavy (non-hydrogen) atoms. The quantitative estimate of drug-likeness (QED) is 0.328. The van der Waals surface area contributed by atoms with Crippen molar-refractivity contribution in [3.8, 4) is 17.2 Å². The van der Waals surface area contributed by atoms with Crippen LogP contribution >= 0.6 is 0 Å². The van der Waals surface area contributed by atoms with E-state index < -0.39 is 0 Å². The van der Waals surface area contributed by atoms with Crippen LogP contribution < -0.4 is 14.2 Å². The van der Waals surface area contributed by atoms with Gasteiger partial charge in [-0.25, -0.2) is 0 Å². The molecule has 0 unspecified atom stereocenters. The molecule has 0 aliphatic heterocycles. The summed E-state index contributed by atoms with van der Waals surface area (Å²) < 4.78 is 16.6. The summed E-state index contributed by atoms with van der Waals surface area (Å²) in [5.74, 6) is 2.07. The molecule has 0 spiro atoms. The van der Waals surface area contributed by atoms with Gasteiger partial charge in [-0.05, 0) is 36.2 Å². The maximum absolute atomic E-state index is 8.71. The molecule has 5 nitrogen and oxygen atoms in total. The molecular formula is C19H23NO4. The van der Waals surface area contributed by atoms with Crippen molar-refractivity contribution in [1.82, 2.24) is 0 Å². The predicted octanol–water partition coefficient (Wildman–Crippen LogP) is 3.91. The summed E-state index contributed by atoms with van der Waals surface area (Å²) in [5, 5.41) is 11.8. The molecule has 2 aromatic carbocycles. The topological polar surface area (TPSA) is 60.3 Å². The highest BCUT2D eigenvalue weighted by molar-refractivity contribution is 5.83. The van der Waals surface area contributed by atoms with Gasteiger partial charge in [0, 0.05) is 11.6 Å². The molecule has 2 rings (SSSR count). The standard InChI is InChI=1S/C19H23NO4/c1-3-4-15-5-8-17(9-6-15)23-11-12-24-19-13-18(22-2)10-7-16(19)14-20-21/h5-10,13-14,21H,3-4,11-12H2,1-2H3. The van der Waals surface area contributed by atoms with E-state index in [1.54, 1.807) is 25.3 Å². The van der Waals surface area contributed by atoms with Crippen LogP contribution in [0, 0.1) is 0 Å². The van der Waals surface area contributed by atoms with Gasteiger partial charge in [-0.1, -0.05) is 30.6 Å². The maximum atomic E-state index is 8.71. The number of hydrogen-bond acceptors (Lipinski definition) is 5. The first-order valence-electron chi connectivity index (χ1n) is 7.96. The van der Waals surface area contributed by atoms with E-state index in [-0.39, 0.29) is 0 Å². The minimum Gasteiger partial charge on any atom is -0.497 e. The van der Waals surface area contributed by atoms with Crippen molar-refractivity contribution < 1.29 is 19.4 Å². The SMILES string of the molecule is CCCc1ccc(OCCOc2cc(OC)ccc2C=NO)cc1. The fourth-order valence-corrected chi connectivity index (χ4v) is 2.29. The van der Waals surface area contributed by atoms with Gasteiger partial charge in [-0.15, -0.1) is 0 Å². The highest BCUT2D eigenvalue weighted by Gasteiger charge is 2.05. The van der Waals surface area contributed by atoms with Crippen LogP contribution in [0.5, 0.6) is 17.2 Å². The van der Waals surface area contributed by atoms with E-state index in [1.165, 1.54) is 11.8 Å². The van der Waals surface area contributed by atoms with Gasteiger partial charge in [0.1, 0.15) is 30.5 Å². The van der Waals surface area contributed by atoms with E-state index >= 15 is 0 Å². The van der Waals surface area contributed by atoms with Crippen LogP contribution in [0.25, 0.3) is 0 Å². The van der Waals surface area contributed by atoms with Gasteiger partial charge in [0.15, 0.2) is 0 Å². The Kier molecular flexibility index (Phi) is 6.95. The van der Waals surface area contributed by atoms with Crippen molar-refractivity contribution in [2.75, 3.05) is 20.3 Å². The van der Waals surface area contributed by atoms with Crippen molar-refractivity contribution in [3.05, 3.63) is 53.6 Å². The molecule has 5 heteroatoms. The Balaban J connectivity index is 1.87. The van der Waals surface area contributed by atoms with Crippen LogP contribution in [0.4, 0.5) is 0 Å². The van der Waals surface area contributed by atoms with E-state index in [4.69, 9.17) is 19.4 Å². The van der Waals surface area contributed by atoms with Gasteiger partial charge < -0.3 is 19.4 Å². The number of hydrogen-bond donors (Lipinski definition) is 1. The molecule has 0 fully saturated rings. The fraction of sp³-hybridized carbons (Fsp3) is 0.316. The number of methoxy groups -OCH3 is 1. The highest BCUT2D eigenvalue weighted by atomic mass is 16.5. The van der Waals surface area contributed by atoms with Gasteiger partial charge in [-0.3, -0.25) is 0 Å². The molecule has 0 aliphatic rings. The second-order valence-electron chi connectivity index (χ2n) is 5.24. The molecule has 0 saturated carbocycles. The Hall–Kier alpha value is -2.69. The zero-order chi connectivity index (χ0) is 17.2. The minimum atomic E-state index is 0.371. The molecule has 2 aromatic rings.